The molecule has 1 aliphatic rings. The van der Waals surface area contributed by atoms with Crippen LogP contribution in [-0.2, 0) is 10.7 Å². The van der Waals surface area contributed by atoms with Crippen LogP contribution in [0.4, 0.5) is 0 Å². The first-order valence-corrected chi connectivity index (χ1v) is 6.75. The van der Waals surface area contributed by atoms with Crippen molar-refractivity contribution in [1.82, 2.24) is 4.90 Å². The van der Waals surface area contributed by atoms with Crippen molar-refractivity contribution in [1.29, 1.82) is 0 Å². The molecule has 1 saturated heterocycles. The van der Waals surface area contributed by atoms with Gasteiger partial charge in [-0.05, 0) is 38.8 Å². The zero-order chi connectivity index (χ0) is 10.4. The highest BCUT2D eigenvalue weighted by Crippen LogP contribution is 2.10. The topological polar surface area (TPSA) is 37.4 Å². The largest absolute Gasteiger partial charge is 0.302 e. The number of likely N-dealkylation sites (tertiary alicyclic amines) is 1. The molecule has 1 fully saturated rings. The minimum Gasteiger partial charge on any atom is -0.302 e. The molecule has 0 saturated carbocycles. The van der Waals surface area contributed by atoms with E-state index in [1.807, 2.05) is 0 Å². The zero-order valence-corrected chi connectivity index (χ0v) is 9.84. The van der Waals surface area contributed by atoms with Crippen LogP contribution in [-0.4, -0.2) is 44.1 Å². The first-order valence-electron chi connectivity index (χ1n) is 4.97. The molecule has 0 aromatic carbocycles. The molecule has 1 atom stereocenters. The predicted molar refractivity (Wildman–Crippen MR) is 59.4 cm³/mol. The van der Waals surface area contributed by atoms with Crippen LogP contribution in [0.5, 0.6) is 0 Å². The highest BCUT2D eigenvalue weighted by atomic mass is 35.5. The maximum atomic E-state index is 10.9. The summed E-state index contributed by atoms with van der Waals surface area (Å²) >= 11 is 5.57. The van der Waals surface area contributed by atoms with Crippen LogP contribution in [0.25, 0.3) is 0 Å². The van der Waals surface area contributed by atoms with E-state index in [-0.39, 0.29) is 5.25 Å². The lowest BCUT2D eigenvalue weighted by atomic mass is 10.1. The Morgan fingerprint density at radius 1 is 1.36 bits per heavy atom. The van der Waals surface area contributed by atoms with Gasteiger partial charge >= 0.3 is 0 Å². The second-order valence-corrected chi connectivity index (χ2v) is 5.26. The Kier molecular flexibility index (Phi) is 5.82. The Labute approximate surface area is 92.4 Å². The molecule has 1 radical (unpaired) electrons. The SMILES string of the molecule is O=[SH](=O)C(CCCl)CN1CC[CH]CC1. The molecule has 0 amide bonds. The fraction of sp³-hybridized carbons (Fsp3) is 0.889. The number of alkyl halides is 1. The van der Waals surface area contributed by atoms with Gasteiger partial charge in [-0.25, -0.2) is 8.42 Å². The third kappa shape index (κ3) is 4.15. The van der Waals surface area contributed by atoms with Crippen LogP contribution in [0, 0.1) is 6.42 Å². The highest BCUT2D eigenvalue weighted by molar-refractivity contribution is 7.73. The molecule has 1 aliphatic heterocycles. The highest BCUT2D eigenvalue weighted by Gasteiger charge is 2.17. The molecule has 14 heavy (non-hydrogen) atoms. The monoisotopic (exact) mass is 238 g/mol. The van der Waals surface area contributed by atoms with Crippen molar-refractivity contribution in [3.8, 4) is 0 Å². The molecule has 0 bridgehead atoms. The molecule has 0 aliphatic carbocycles. The summed E-state index contributed by atoms with van der Waals surface area (Å²) in [6, 6.07) is 0. The van der Waals surface area contributed by atoms with Crippen molar-refractivity contribution in [3.05, 3.63) is 6.42 Å². The van der Waals surface area contributed by atoms with Gasteiger partial charge < -0.3 is 4.90 Å². The fourth-order valence-corrected chi connectivity index (χ4v) is 2.79. The van der Waals surface area contributed by atoms with E-state index in [2.05, 4.69) is 11.3 Å². The smallest absolute Gasteiger partial charge is 0.144 e. The van der Waals surface area contributed by atoms with Gasteiger partial charge in [-0.15, -0.1) is 11.6 Å². The number of nitrogens with zero attached hydrogens (tertiary/aromatic N) is 1. The molecule has 1 unspecified atom stereocenters. The summed E-state index contributed by atoms with van der Waals surface area (Å²) in [5.74, 6) is 0.425. The molecule has 5 heteroatoms. The lowest BCUT2D eigenvalue weighted by Gasteiger charge is -2.28. The maximum absolute atomic E-state index is 10.9. The van der Waals surface area contributed by atoms with E-state index in [0.717, 1.165) is 25.9 Å². The minimum absolute atomic E-state index is 0.263. The number of piperidine rings is 1. The maximum Gasteiger partial charge on any atom is 0.144 e. The van der Waals surface area contributed by atoms with Crippen LogP contribution in [0.3, 0.4) is 0 Å². The Balaban J connectivity index is 2.37. The molecular formula is C9H17ClNO2S. The van der Waals surface area contributed by atoms with Crippen molar-refractivity contribution in [2.45, 2.75) is 24.5 Å². The number of hydrogen-bond donors (Lipinski definition) is 1. The van der Waals surface area contributed by atoms with E-state index < -0.39 is 10.7 Å². The first kappa shape index (κ1) is 12.3. The lowest BCUT2D eigenvalue weighted by molar-refractivity contribution is 0.252. The van der Waals surface area contributed by atoms with Gasteiger partial charge in [0.15, 0.2) is 0 Å². The second-order valence-electron chi connectivity index (χ2n) is 3.58. The summed E-state index contributed by atoms with van der Waals surface area (Å²) in [5, 5.41) is -0.263. The summed E-state index contributed by atoms with van der Waals surface area (Å²) in [5.41, 5.74) is 0. The molecule has 0 N–H and O–H groups in total. The standard InChI is InChI=1S/C9H17ClNO2S/c10-5-4-9(14(12)13)8-11-6-2-1-3-7-11/h1,9,14H,2-8H2. The average Bonchev–Trinajstić information content (AvgIpc) is 2.18. The Morgan fingerprint density at radius 3 is 2.50 bits per heavy atom. The molecular weight excluding hydrogens is 222 g/mol. The molecule has 0 aromatic heterocycles. The molecule has 1 heterocycles. The van der Waals surface area contributed by atoms with Gasteiger partial charge in [-0.2, -0.15) is 0 Å². The first-order chi connectivity index (χ1) is 6.74. The van der Waals surface area contributed by atoms with Crippen LogP contribution in [0.1, 0.15) is 19.3 Å². The molecule has 0 aromatic rings. The predicted octanol–water partition coefficient (Wildman–Crippen LogP) is 0.895. The van der Waals surface area contributed by atoms with Crippen molar-refractivity contribution in [2.24, 2.45) is 0 Å². The van der Waals surface area contributed by atoms with Crippen LogP contribution in [0.15, 0.2) is 0 Å². The Bertz CT molecular complexity index is 219. The Morgan fingerprint density at radius 2 is 2.00 bits per heavy atom. The number of thiol groups is 1. The van der Waals surface area contributed by atoms with Crippen LogP contribution >= 0.6 is 11.6 Å². The lowest BCUT2D eigenvalue weighted by Crippen LogP contribution is -2.37. The van der Waals surface area contributed by atoms with E-state index in [1.54, 1.807) is 0 Å². The van der Waals surface area contributed by atoms with Gasteiger partial charge in [-0.3, -0.25) is 0 Å². The van der Waals surface area contributed by atoms with E-state index in [9.17, 15) is 8.42 Å². The van der Waals surface area contributed by atoms with E-state index >= 15 is 0 Å². The van der Waals surface area contributed by atoms with Gasteiger partial charge in [0.1, 0.15) is 10.7 Å². The molecule has 1 rings (SSSR count). The van der Waals surface area contributed by atoms with Gasteiger partial charge in [0, 0.05) is 12.4 Å². The van der Waals surface area contributed by atoms with E-state index in [0.29, 0.717) is 18.8 Å². The Hall–Kier alpha value is 0.200. The van der Waals surface area contributed by atoms with Crippen LogP contribution in [0.2, 0.25) is 0 Å². The summed E-state index contributed by atoms with van der Waals surface area (Å²) < 4.78 is 21.8. The van der Waals surface area contributed by atoms with Crippen LogP contribution < -0.4 is 0 Å². The number of halogens is 1. The van der Waals surface area contributed by atoms with Crippen molar-refractivity contribution in [2.75, 3.05) is 25.5 Å². The zero-order valence-electron chi connectivity index (χ0n) is 8.19. The van der Waals surface area contributed by atoms with Gasteiger partial charge in [-0.1, -0.05) is 0 Å². The number of hydrogen-bond acceptors (Lipinski definition) is 3. The average molecular weight is 239 g/mol. The van der Waals surface area contributed by atoms with Crippen molar-refractivity contribution in [3.63, 3.8) is 0 Å². The van der Waals surface area contributed by atoms with E-state index in [4.69, 9.17) is 11.6 Å². The second kappa shape index (κ2) is 6.64. The molecule has 83 valence electrons. The summed E-state index contributed by atoms with van der Waals surface area (Å²) in [7, 11) is -2.33. The van der Waals surface area contributed by atoms with Crippen molar-refractivity contribution < 1.29 is 8.42 Å². The molecule has 3 nitrogen and oxygen atoms in total. The van der Waals surface area contributed by atoms with E-state index in [1.165, 1.54) is 0 Å². The third-order valence-electron chi connectivity index (χ3n) is 2.51. The number of rotatable bonds is 5. The minimum atomic E-state index is -2.33. The van der Waals surface area contributed by atoms with Gasteiger partial charge in [0.25, 0.3) is 0 Å². The third-order valence-corrected chi connectivity index (χ3v) is 3.74. The molecule has 0 spiro atoms. The van der Waals surface area contributed by atoms with Crippen molar-refractivity contribution >= 4 is 22.3 Å². The summed E-state index contributed by atoms with van der Waals surface area (Å²) in [6.45, 7) is 2.63. The quantitative estimate of drug-likeness (QED) is 0.571. The fourth-order valence-electron chi connectivity index (χ4n) is 1.67. The van der Waals surface area contributed by atoms with Gasteiger partial charge in [0.2, 0.25) is 0 Å². The summed E-state index contributed by atoms with van der Waals surface area (Å²) in [4.78, 5) is 2.21. The van der Waals surface area contributed by atoms with Gasteiger partial charge in [0.05, 0.1) is 5.25 Å². The summed E-state index contributed by atoms with van der Waals surface area (Å²) in [6.07, 6.45) is 4.97. The normalized spacial score (nSPS) is 21.3.